The number of nitrogens with zero attached hydrogens (tertiary/aromatic N) is 1. The highest BCUT2D eigenvalue weighted by Gasteiger charge is 2.31. The molecule has 1 rings (SSSR count). The Bertz CT molecular complexity index is 139. The van der Waals surface area contributed by atoms with Crippen LogP contribution in [0.25, 0.3) is 0 Å². The summed E-state index contributed by atoms with van der Waals surface area (Å²) in [4.78, 5) is 2.36. The minimum absolute atomic E-state index is 0.326. The van der Waals surface area contributed by atoms with Crippen molar-refractivity contribution in [2.24, 2.45) is 11.1 Å². The zero-order valence-corrected chi connectivity index (χ0v) is 8.43. The highest BCUT2D eigenvalue weighted by atomic mass is 15.3. The van der Waals surface area contributed by atoms with Crippen LogP contribution in [0.5, 0.6) is 0 Å². The molecule has 0 radical (unpaired) electrons. The van der Waals surface area contributed by atoms with Crippen molar-refractivity contribution in [3.8, 4) is 0 Å². The molecule has 1 aliphatic heterocycles. The van der Waals surface area contributed by atoms with Crippen molar-refractivity contribution in [3.63, 3.8) is 0 Å². The maximum absolute atomic E-state index is 5.69. The summed E-state index contributed by atoms with van der Waals surface area (Å²) in [5, 5.41) is 3.41. The summed E-state index contributed by atoms with van der Waals surface area (Å²) in [5.41, 5.74) is 6.01. The summed E-state index contributed by atoms with van der Waals surface area (Å²) in [6.07, 6.45) is 0. The predicted octanol–water partition coefficient (Wildman–Crippen LogP) is 0.223. The highest BCUT2D eigenvalue weighted by Crippen LogP contribution is 2.24. The molecule has 0 aromatic rings. The van der Waals surface area contributed by atoms with Crippen molar-refractivity contribution in [3.05, 3.63) is 0 Å². The third-order valence-electron chi connectivity index (χ3n) is 2.59. The van der Waals surface area contributed by atoms with E-state index in [1.54, 1.807) is 0 Å². The molecule has 1 saturated heterocycles. The monoisotopic (exact) mass is 171 g/mol. The molecule has 3 heteroatoms. The van der Waals surface area contributed by atoms with Crippen molar-refractivity contribution in [2.75, 3.05) is 26.3 Å². The van der Waals surface area contributed by atoms with Crippen LogP contribution >= 0.6 is 0 Å². The fourth-order valence-corrected chi connectivity index (χ4v) is 1.82. The number of nitrogens with one attached hydrogen (secondary N) is 1. The van der Waals surface area contributed by atoms with Gasteiger partial charge < -0.3 is 11.1 Å². The Hall–Kier alpha value is -0.120. The molecule has 1 fully saturated rings. The molecular weight excluding hydrogens is 150 g/mol. The first kappa shape index (κ1) is 9.96. The molecule has 3 nitrogen and oxygen atoms in total. The largest absolute Gasteiger partial charge is 0.318 e. The van der Waals surface area contributed by atoms with Gasteiger partial charge in [-0.3, -0.25) is 4.90 Å². The standard InChI is InChI=1S/C9H21N3/c1-9(2,3)8-6-11-4-5-12(8)7-10/h8,11H,4-7,10H2,1-3H3. The van der Waals surface area contributed by atoms with Crippen LogP contribution in [0.3, 0.4) is 0 Å². The second kappa shape index (κ2) is 3.73. The first-order chi connectivity index (χ1) is 5.55. The van der Waals surface area contributed by atoms with Gasteiger partial charge in [0.2, 0.25) is 0 Å². The first-order valence-electron chi connectivity index (χ1n) is 4.70. The fourth-order valence-electron chi connectivity index (χ4n) is 1.82. The lowest BCUT2D eigenvalue weighted by molar-refractivity contribution is 0.0780. The molecule has 0 spiro atoms. The molecule has 1 atom stereocenters. The predicted molar refractivity (Wildman–Crippen MR) is 51.9 cm³/mol. The van der Waals surface area contributed by atoms with E-state index in [0.717, 1.165) is 19.6 Å². The van der Waals surface area contributed by atoms with Gasteiger partial charge in [0, 0.05) is 32.3 Å². The highest BCUT2D eigenvalue weighted by molar-refractivity contribution is 4.87. The summed E-state index contributed by atoms with van der Waals surface area (Å²) < 4.78 is 0. The van der Waals surface area contributed by atoms with Crippen LogP contribution < -0.4 is 11.1 Å². The van der Waals surface area contributed by atoms with Gasteiger partial charge in [0.25, 0.3) is 0 Å². The van der Waals surface area contributed by atoms with Gasteiger partial charge in [-0.05, 0) is 5.41 Å². The van der Waals surface area contributed by atoms with Gasteiger partial charge in [-0.15, -0.1) is 0 Å². The molecule has 12 heavy (non-hydrogen) atoms. The molecule has 1 aliphatic rings. The first-order valence-corrected chi connectivity index (χ1v) is 4.70. The summed E-state index contributed by atoms with van der Waals surface area (Å²) in [6.45, 7) is 10.7. The van der Waals surface area contributed by atoms with Gasteiger partial charge in [-0.25, -0.2) is 0 Å². The Morgan fingerprint density at radius 3 is 2.58 bits per heavy atom. The van der Waals surface area contributed by atoms with Crippen molar-refractivity contribution in [1.82, 2.24) is 10.2 Å². The molecule has 0 bridgehead atoms. The Balaban J connectivity index is 2.59. The molecule has 1 unspecified atom stereocenters. The topological polar surface area (TPSA) is 41.3 Å². The molecule has 0 amide bonds. The molecule has 1 heterocycles. The minimum Gasteiger partial charge on any atom is -0.318 e. The van der Waals surface area contributed by atoms with Crippen molar-refractivity contribution >= 4 is 0 Å². The van der Waals surface area contributed by atoms with E-state index in [1.165, 1.54) is 0 Å². The second-order valence-corrected chi connectivity index (χ2v) is 4.58. The zero-order chi connectivity index (χ0) is 9.19. The summed E-state index contributed by atoms with van der Waals surface area (Å²) in [6, 6.07) is 0.580. The minimum atomic E-state index is 0.326. The fraction of sp³-hybridized carbons (Fsp3) is 1.00. The molecule has 72 valence electrons. The second-order valence-electron chi connectivity index (χ2n) is 4.58. The zero-order valence-electron chi connectivity index (χ0n) is 8.43. The third-order valence-corrected chi connectivity index (χ3v) is 2.59. The maximum atomic E-state index is 5.69. The molecule has 0 aliphatic carbocycles. The average Bonchev–Trinajstić information content (AvgIpc) is 2.03. The van der Waals surface area contributed by atoms with E-state index in [0.29, 0.717) is 18.1 Å². The van der Waals surface area contributed by atoms with Crippen LogP contribution in [0.1, 0.15) is 20.8 Å². The summed E-state index contributed by atoms with van der Waals surface area (Å²) in [5.74, 6) is 0. The van der Waals surface area contributed by atoms with Crippen LogP contribution in [0.2, 0.25) is 0 Å². The Labute approximate surface area is 75.3 Å². The van der Waals surface area contributed by atoms with Crippen molar-refractivity contribution in [2.45, 2.75) is 26.8 Å². The Morgan fingerprint density at radius 1 is 1.50 bits per heavy atom. The Morgan fingerprint density at radius 2 is 2.17 bits per heavy atom. The molecule has 0 aromatic heterocycles. The van der Waals surface area contributed by atoms with Crippen LogP contribution in [-0.4, -0.2) is 37.2 Å². The average molecular weight is 171 g/mol. The van der Waals surface area contributed by atoms with E-state index in [4.69, 9.17) is 5.73 Å². The number of rotatable bonds is 1. The maximum Gasteiger partial charge on any atom is 0.0459 e. The van der Waals surface area contributed by atoms with E-state index in [1.807, 2.05) is 0 Å². The van der Waals surface area contributed by atoms with Gasteiger partial charge in [0.05, 0.1) is 0 Å². The number of hydrogen-bond donors (Lipinski definition) is 2. The lowest BCUT2D eigenvalue weighted by Crippen LogP contribution is -2.57. The van der Waals surface area contributed by atoms with Crippen LogP contribution in [0.15, 0.2) is 0 Å². The molecular formula is C9H21N3. The van der Waals surface area contributed by atoms with Crippen molar-refractivity contribution < 1.29 is 0 Å². The molecule has 3 N–H and O–H groups in total. The molecule has 0 saturated carbocycles. The third kappa shape index (κ3) is 2.19. The smallest absolute Gasteiger partial charge is 0.0459 e. The van der Waals surface area contributed by atoms with E-state index >= 15 is 0 Å². The van der Waals surface area contributed by atoms with Gasteiger partial charge >= 0.3 is 0 Å². The lowest BCUT2D eigenvalue weighted by Gasteiger charge is -2.42. The number of nitrogens with two attached hydrogens (primary N) is 1. The SMILES string of the molecule is CC(C)(C)C1CNCCN1CN. The number of hydrogen-bond acceptors (Lipinski definition) is 3. The van der Waals surface area contributed by atoms with E-state index in [2.05, 4.69) is 31.0 Å². The lowest BCUT2D eigenvalue weighted by atomic mass is 9.85. The van der Waals surface area contributed by atoms with Crippen LogP contribution in [-0.2, 0) is 0 Å². The quantitative estimate of drug-likeness (QED) is 0.593. The van der Waals surface area contributed by atoms with E-state index in [9.17, 15) is 0 Å². The van der Waals surface area contributed by atoms with Crippen LogP contribution in [0.4, 0.5) is 0 Å². The van der Waals surface area contributed by atoms with Gasteiger partial charge in [-0.1, -0.05) is 20.8 Å². The van der Waals surface area contributed by atoms with Gasteiger partial charge in [0.1, 0.15) is 0 Å². The van der Waals surface area contributed by atoms with E-state index < -0.39 is 0 Å². The summed E-state index contributed by atoms with van der Waals surface area (Å²) in [7, 11) is 0. The van der Waals surface area contributed by atoms with Gasteiger partial charge in [-0.2, -0.15) is 0 Å². The van der Waals surface area contributed by atoms with Gasteiger partial charge in [0.15, 0.2) is 0 Å². The van der Waals surface area contributed by atoms with E-state index in [-0.39, 0.29) is 0 Å². The normalized spacial score (nSPS) is 27.5. The van der Waals surface area contributed by atoms with Crippen molar-refractivity contribution in [1.29, 1.82) is 0 Å². The number of piperazine rings is 1. The summed E-state index contributed by atoms with van der Waals surface area (Å²) >= 11 is 0. The molecule has 0 aromatic carbocycles. The van der Waals surface area contributed by atoms with Crippen LogP contribution in [0, 0.1) is 5.41 Å². The Kier molecular flexibility index (Phi) is 3.09.